The average Bonchev–Trinajstić information content (AvgIpc) is 3.78. The Labute approximate surface area is 303 Å². The first-order valence-electron chi connectivity index (χ1n) is 14.1. The molecular formula is C28H28FIN10O7S2. The van der Waals surface area contributed by atoms with E-state index in [4.69, 9.17) is 15.2 Å². The molecule has 1 fully saturated rings. The number of nitrogen functional groups attached to an aromatic ring is 1. The molecule has 3 aromatic rings. The van der Waals surface area contributed by atoms with Gasteiger partial charge in [0.15, 0.2) is 0 Å². The quantitative estimate of drug-likeness (QED) is 0.0210. The molecule has 0 radical (unpaired) electrons. The number of nitrogens with one attached hydrogen (secondary N) is 3. The molecule has 1 aromatic carbocycles. The predicted molar refractivity (Wildman–Crippen MR) is 169 cm³/mol. The molecule has 0 aliphatic carbocycles. The lowest BCUT2D eigenvalue weighted by atomic mass is 10.0. The maximum Gasteiger partial charge on any atom is 0.355 e. The molecule has 5 heterocycles. The molecule has 1 unspecified atom stereocenters. The normalized spacial score (nSPS) is 20.1. The van der Waals surface area contributed by atoms with E-state index >= 15 is 0 Å². The van der Waals surface area contributed by atoms with Crippen molar-refractivity contribution in [2.45, 2.75) is 29.9 Å². The summed E-state index contributed by atoms with van der Waals surface area (Å²) in [6.07, 6.45) is 5.42. The van der Waals surface area contributed by atoms with Crippen LogP contribution >= 0.6 is 23.7 Å². The van der Waals surface area contributed by atoms with Crippen LogP contribution in [0.1, 0.15) is 5.56 Å². The minimum absolute atomic E-state index is 0. The number of ether oxygens (including phenoxy) is 2. The lowest BCUT2D eigenvalue weighted by Crippen LogP contribution is -3.00. The molecule has 0 bridgehead atoms. The van der Waals surface area contributed by atoms with E-state index in [2.05, 4.69) is 30.6 Å². The third-order valence-corrected chi connectivity index (χ3v) is 9.70. The average molecular weight is 827 g/mol. The number of fused-ring (bicyclic) bond motifs is 2. The zero-order valence-electron chi connectivity index (χ0n) is 25.6. The molecule has 49 heavy (non-hydrogen) atoms. The summed E-state index contributed by atoms with van der Waals surface area (Å²) < 4.78 is 28.4. The molecule has 0 spiro atoms. The fourth-order valence-electron chi connectivity index (χ4n) is 5.20. The molecule has 3 aliphatic rings. The van der Waals surface area contributed by atoms with Crippen molar-refractivity contribution >= 4 is 65.3 Å². The number of β-lactam (4-membered cyclic amide) rings is 1. The van der Waals surface area contributed by atoms with Crippen molar-refractivity contribution < 1.29 is 66.4 Å². The third kappa shape index (κ3) is 7.09. The van der Waals surface area contributed by atoms with Gasteiger partial charge in [-0.15, -0.1) is 11.8 Å². The highest BCUT2D eigenvalue weighted by Gasteiger charge is 2.58. The number of hydrogen-bond acceptors (Lipinski definition) is 14. The number of aromatic nitrogens is 3. The van der Waals surface area contributed by atoms with Gasteiger partial charge in [-0.25, -0.2) is 9.36 Å². The standard InChI is InChI=1S/C28H27FN10O7S2.HI/c1-44-16-5-3-15(4-6-16)13-46-28(43)22-17(11-36-10-8-18(30)39-20(36)7-9-32-39)26(37-12-19(31-14-40)48-35-37)47-27-21(25(42)38(22)27)33-24(41)23(29)34-45-2;/h3-10,12,14,21,26-27,30,35H,11,13H2,1-2H3,(H2,31,33,40,41);1H/t21-,26?,27+;/m1./s1. The van der Waals surface area contributed by atoms with Gasteiger partial charge in [0, 0.05) is 11.6 Å². The van der Waals surface area contributed by atoms with E-state index in [9.17, 15) is 23.6 Å². The van der Waals surface area contributed by atoms with E-state index < -0.39 is 40.5 Å². The summed E-state index contributed by atoms with van der Waals surface area (Å²) >= 11 is 2.31. The number of nitrogens with zero attached hydrogens (tertiary/aromatic N) is 6. The third-order valence-electron chi connectivity index (χ3n) is 7.42. The maximum absolute atomic E-state index is 14.2. The number of hydrogen-bond donors (Lipinski definition) is 4. The van der Waals surface area contributed by atoms with E-state index in [1.807, 2.05) is 0 Å². The first-order chi connectivity index (χ1) is 23.2. The van der Waals surface area contributed by atoms with Gasteiger partial charge in [0.2, 0.25) is 12.2 Å². The Morgan fingerprint density at radius 2 is 2.00 bits per heavy atom. The molecule has 6 rings (SSSR count). The van der Waals surface area contributed by atoms with Gasteiger partial charge in [0.05, 0.1) is 31.8 Å². The fraction of sp³-hybridized carbons (Fsp3) is 0.250. The van der Waals surface area contributed by atoms with Crippen LogP contribution in [0, 0.1) is 0 Å². The van der Waals surface area contributed by atoms with Gasteiger partial charge in [-0.1, -0.05) is 21.7 Å². The predicted octanol–water partition coefficient (Wildman–Crippen LogP) is -3.12. The second-order valence-electron chi connectivity index (χ2n) is 10.2. The van der Waals surface area contributed by atoms with Gasteiger partial charge in [0.1, 0.15) is 53.5 Å². The lowest BCUT2D eigenvalue weighted by Gasteiger charge is -2.52. The van der Waals surface area contributed by atoms with E-state index in [1.54, 1.807) is 64.6 Å². The van der Waals surface area contributed by atoms with Crippen LogP contribution in [-0.4, -0.2) is 80.7 Å². The van der Waals surface area contributed by atoms with Crippen LogP contribution in [0.15, 0.2) is 76.4 Å². The molecule has 3 aliphatic heterocycles. The zero-order valence-corrected chi connectivity index (χ0v) is 29.4. The highest BCUT2D eigenvalue weighted by Crippen LogP contribution is 2.46. The Morgan fingerprint density at radius 3 is 2.71 bits per heavy atom. The number of amides is 3. The Morgan fingerprint density at radius 1 is 1.22 bits per heavy atom. The molecule has 17 nitrogen and oxygen atoms in total. The van der Waals surface area contributed by atoms with E-state index in [1.165, 1.54) is 28.3 Å². The van der Waals surface area contributed by atoms with Crippen molar-refractivity contribution in [1.82, 2.24) is 35.0 Å². The number of esters is 1. The zero-order chi connectivity index (χ0) is 33.9. The Hall–Kier alpha value is -4.61. The minimum Gasteiger partial charge on any atom is -1.00 e. The van der Waals surface area contributed by atoms with Gasteiger partial charge in [-0.3, -0.25) is 24.3 Å². The Balaban J connectivity index is 0.00000468. The van der Waals surface area contributed by atoms with Crippen molar-refractivity contribution in [3.63, 3.8) is 0 Å². The first-order valence-corrected chi connectivity index (χ1v) is 15.8. The molecule has 258 valence electrons. The number of carbonyl (C=O) groups excluding carboxylic acids is 4. The molecule has 5 N–H and O–H groups in total. The highest BCUT2D eigenvalue weighted by molar-refractivity contribution is 8.02. The summed E-state index contributed by atoms with van der Waals surface area (Å²) in [6, 6.07) is 9.06. The van der Waals surface area contributed by atoms with E-state index in [0.29, 0.717) is 39.8 Å². The largest absolute Gasteiger partial charge is 1.00 e. The summed E-state index contributed by atoms with van der Waals surface area (Å²) in [5, 5.41) is 12.7. The number of oxime groups is 1. The number of thioether (sulfide) groups is 1. The van der Waals surface area contributed by atoms with Crippen LogP contribution in [0.5, 0.6) is 5.75 Å². The van der Waals surface area contributed by atoms with Crippen molar-refractivity contribution in [3.8, 4) is 5.75 Å². The summed E-state index contributed by atoms with van der Waals surface area (Å²) in [4.78, 5) is 60.1. The number of halogens is 2. The van der Waals surface area contributed by atoms with Crippen LogP contribution in [0.25, 0.3) is 5.65 Å². The van der Waals surface area contributed by atoms with Crippen molar-refractivity contribution in [3.05, 3.63) is 76.9 Å². The van der Waals surface area contributed by atoms with E-state index in [-0.39, 0.29) is 42.8 Å². The molecule has 21 heteroatoms. The summed E-state index contributed by atoms with van der Waals surface area (Å²) in [7, 11) is 2.60. The van der Waals surface area contributed by atoms with Crippen LogP contribution in [0.2, 0.25) is 0 Å². The smallest absolute Gasteiger partial charge is 0.355 e. The van der Waals surface area contributed by atoms with Crippen LogP contribution < -0.4 is 54.5 Å². The van der Waals surface area contributed by atoms with Crippen LogP contribution in [-0.2, 0) is 41.9 Å². The number of methoxy groups -OCH3 is 1. The molecule has 3 atom stereocenters. The summed E-state index contributed by atoms with van der Waals surface area (Å²) in [5.41, 5.74) is 7.73. The number of hydrazine groups is 1. The minimum atomic E-state index is -1.48. The highest BCUT2D eigenvalue weighted by atomic mass is 127. The van der Waals surface area contributed by atoms with Gasteiger partial charge in [-0.05, 0) is 34.8 Å². The summed E-state index contributed by atoms with van der Waals surface area (Å²) in [6.45, 7) is -0.0775. The molecule has 3 amide bonds. The summed E-state index contributed by atoms with van der Waals surface area (Å²) in [5.74, 6) is -3.23. The topological polar surface area (TPSA) is 198 Å². The van der Waals surface area contributed by atoms with Crippen LogP contribution in [0.3, 0.4) is 0 Å². The lowest BCUT2D eigenvalue weighted by molar-refractivity contribution is -0.666. The van der Waals surface area contributed by atoms with Crippen molar-refractivity contribution in [2.75, 3.05) is 20.0 Å². The second-order valence-corrected chi connectivity index (χ2v) is 12.3. The SMILES string of the molecule is CON=C(F)C(=O)N[C@@H]1C(=O)N2C(C(=O)OCc3ccc(OC)cc3)=C(C[n+]3ccc(N)n4nccc43)C(N3C=C(NC=O)SN3)S[C@@H]12.[I-]. The second kappa shape index (κ2) is 15.3. The Kier molecular flexibility index (Phi) is 11.1. The first kappa shape index (κ1) is 35.7. The van der Waals surface area contributed by atoms with Gasteiger partial charge in [0.25, 0.3) is 5.91 Å². The number of rotatable bonds is 12. The monoisotopic (exact) mass is 826 g/mol. The van der Waals surface area contributed by atoms with Crippen LogP contribution in [0.4, 0.5) is 10.2 Å². The van der Waals surface area contributed by atoms with Crippen molar-refractivity contribution in [1.29, 1.82) is 0 Å². The fourth-order valence-corrected chi connectivity index (χ4v) is 7.44. The maximum atomic E-state index is 14.2. The number of anilines is 1. The molecule has 1 saturated heterocycles. The van der Waals surface area contributed by atoms with Gasteiger partial charge in [-0.2, -0.15) is 9.22 Å². The van der Waals surface area contributed by atoms with Gasteiger partial charge >= 0.3 is 23.5 Å². The number of carbonyl (C=O) groups is 4. The van der Waals surface area contributed by atoms with Gasteiger partial charge < -0.3 is 54.7 Å². The van der Waals surface area contributed by atoms with Crippen molar-refractivity contribution in [2.24, 2.45) is 5.16 Å². The number of nitrogens with two attached hydrogens (primary N) is 1. The van der Waals surface area contributed by atoms with E-state index in [0.717, 1.165) is 19.1 Å². The molecular weight excluding hydrogens is 798 g/mol. The Bertz CT molecular complexity index is 1880. The number of benzene rings is 1. The molecule has 2 aromatic heterocycles. The molecule has 0 saturated carbocycles.